The molecule has 1 nitrogen and oxygen atoms in total. The lowest BCUT2D eigenvalue weighted by Crippen LogP contribution is -1.94. The Morgan fingerprint density at radius 3 is 3.11 bits per heavy atom. The van der Waals surface area contributed by atoms with E-state index in [1.54, 1.807) is 0 Å². The zero-order chi connectivity index (χ0) is 6.69. The summed E-state index contributed by atoms with van der Waals surface area (Å²) in [6, 6.07) is 0. The van der Waals surface area contributed by atoms with Crippen molar-refractivity contribution in [2.75, 3.05) is 0 Å². The molecule has 0 aliphatic heterocycles. The summed E-state index contributed by atoms with van der Waals surface area (Å²) in [6.07, 6.45) is 8.89. The van der Waals surface area contributed by atoms with Gasteiger partial charge in [-0.05, 0) is 28.4 Å². The van der Waals surface area contributed by atoms with E-state index in [-0.39, 0.29) is 0 Å². The molecule has 0 atom stereocenters. The van der Waals surface area contributed by atoms with Crippen molar-refractivity contribution in [2.45, 2.75) is 6.42 Å². The molecule has 0 aromatic rings. The fourth-order valence-electron chi connectivity index (χ4n) is 0.620. The molecule has 0 aromatic carbocycles. The van der Waals surface area contributed by atoms with Crippen molar-refractivity contribution in [1.29, 1.82) is 0 Å². The lowest BCUT2D eigenvalue weighted by molar-refractivity contribution is 1.31. The van der Waals surface area contributed by atoms with Crippen LogP contribution in [0.25, 0.3) is 0 Å². The highest BCUT2D eigenvalue weighted by Crippen LogP contribution is 2.15. The van der Waals surface area contributed by atoms with Crippen molar-refractivity contribution >= 4 is 15.9 Å². The maximum atomic E-state index is 5.58. The van der Waals surface area contributed by atoms with E-state index in [1.165, 1.54) is 0 Å². The molecule has 0 fully saturated rings. The van der Waals surface area contributed by atoms with Crippen LogP contribution in [0.2, 0.25) is 0 Å². The fraction of sp³-hybridized carbons (Fsp3) is 0.143. The number of hydrogen-bond acceptors (Lipinski definition) is 1. The van der Waals surface area contributed by atoms with Gasteiger partial charge in [-0.25, -0.2) is 0 Å². The van der Waals surface area contributed by atoms with Crippen LogP contribution in [0.5, 0.6) is 0 Å². The lowest BCUT2D eigenvalue weighted by Gasteiger charge is -1.93. The Kier molecular flexibility index (Phi) is 2.11. The average molecular weight is 186 g/mol. The maximum Gasteiger partial charge on any atom is 0.0421 e. The molecule has 1 aliphatic rings. The van der Waals surface area contributed by atoms with Crippen LogP contribution in [-0.4, -0.2) is 0 Å². The summed E-state index contributed by atoms with van der Waals surface area (Å²) in [5.41, 5.74) is 6.40. The van der Waals surface area contributed by atoms with Crippen molar-refractivity contribution in [3.05, 3.63) is 34.5 Å². The van der Waals surface area contributed by atoms with Gasteiger partial charge in [0.05, 0.1) is 0 Å². The molecule has 48 valence electrons. The number of hydrogen-bond donors (Lipinski definition) is 1. The molecule has 0 amide bonds. The van der Waals surface area contributed by atoms with Crippen molar-refractivity contribution in [1.82, 2.24) is 0 Å². The van der Waals surface area contributed by atoms with E-state index in [2.05, 4.69) is 22.0 Å². The molecule has 0 heterocycles. The van der Waals surface area contributed by atoms with Gasteiger partial charge < -0.3 is 5.73 Å². The number of rotatable bonds is 0. The standard InChI is InChI=1S/C7H8BrN/c8-6-4-2-1-3-5-7(6)9/h1-2,4-5H,3,9H2. The zero-order valence-electron chi connectivity index (χ0n) is 4.97. The highest BCUT2D eigenvalue weighted by molar-refractivity contribution is 9.12. The third kappa shape index (κ3) is 1.72. The number of nitrogens with two attached hydrogens (primary N) is 1. The molecule has 0 spiro atoms. The molecule has 1 aliphatic carbocycles. The smallest absolute Gasteiger partial charge is 0.0421 e. The summed E-state index contributed by atoms with van der Waals surface area (Å²) in [4.78, 5) is 0. The second-order valence-corrected chi connectivity index (χ2v) is 2.69. The summed E-state index contributed by atoms with van der Waals surface area (Å²) in [5, 5.41) is 0. The molecule has 1 rings (SSSR count). The van der Waals surface area contributed by atoms with Crippen LogP contribution in [0.3, 0.4) is 0 Å². The SMILES string of the molecule is NC1=CCC=CC=C1Br. The largest absolute Gasteiger partial charge is 0.398 e. The quantitative estimate of drug-likeness (QED) is 0.615. The molecule has 2 heteroatoms. The molecule has 9 heavy (non-hydrogen) atoms. The van der Waals surface area contributed by atoms with E-state index in [4.69, 9.17) is 5.73 Å². The second-order valence-electron chi connectivity index (χ2n) is 1.84. The van der Waals surface area contributed by atoms with Crippen molar-refractivity contribution < 1.29 is 0 Å². The number of halogens is 1. The van der Waals surface area contributed by atoms with Crippen molar-refractivity contribution in [3.63, 3.8) is 0 Å². The van der Waals surface area contributed by atoms with Gasteiger partial charge in [-0.1, -0.05) is 18.2 Å². The van der Waals surface area contributed by atoms with E-state index in [9.17, 15) is 0 Å². The van der Waals surface area contributed by atoms with Crippen LogP contribution in [0.4, 0.5) is 0 Å². The van der Waals surface area contributed by atoms with Gasteiger partial charge in [-0.3, -0.25) is 0 Å². The summed E-state index contributed by atoms with van der Waals surface area (Å²) in [5.74, 6) is 0. The van der Waals surface area contributed by atoms with Gasteiger partial charge in [0.2, 0.25) is 0 Å². The minimum Gasteiger partial charge on any atom is -0.398 e. The van der Waals surface area contributed by atoms with Crippen LogP contribution >= 0.6 is 15.9 Å². The van der Waals surface area contributed by atoms with Crippen molar-refractivity contribution in [2.24, 2.45) is 5.73 Å². The Morgan fingerprint density at radius 1 is 1.56 bits per heavy atom. The molecular weight excluding hydrogens is 178 g/mol. The summed E-state index contributed by atoms with van der Waals surface area (Å²) >= 11 is 3.32. The van der Waals surface area contributed by atoms with Gasteiger partial charge in [0, 0.05) is 10.2 Å². The minimum atomic E-state index is 0.819. The van der Waals surface area contributed by atoms with Gasteiger partial charge in [0.25, 0.3) is 0 Å². The first-order valence-corrected chi connectivity index (χ1v) is 3.58. The van der Waals surface area contributed by atoms with Crippen LogP contribution in [0.1, 0.15) is 6.42 Å². The van der Waals surface area contributed by atoms with Crippen LogP contribution in [0, 0.1) is 0 Å². The molecule has 0 bridgehead atoms. The monoisotopic (exact) mass is 185 g/mol. The molecular formula is C7H8BrN. The van der Waals surface area contributed by atoms with Gasteiger partial charge in [0.1, 0.15) is 0 Å². The molecule has 0 unspecified atom stereocenters. The second kappa shape index (κ2) is 2.87. The first kappa shape index (κ1) is 6.62. The Morgan fingerprint density at radius 2 is 2.33 bits per heavy atom. The Hall–Kier alpha value is -0.500. The number of allylic oxidation sites excluding steroid dienone is 5. The molecule has 2 N–H and O–H groups in total. The van der Waals surface area contributed by atoms with Gasteiger partial charge in [-0.2, -0.15) is 0 Å². The third-order valence-corrected chi connectivity index (χ3v) is 1.85. The van der Waals surface area contributed by atoms with E-state index >= 15 is 0 Å². The van der Waals surface area contributed by atoms with Crippen molar-refractivity contribution in [3.8, 4) is 0 Å². The Labute approximate surface area is 63.1 Å². The summed E-state index contributed by atoms with van der Waals surface area (Å²) < 4.78 is 0.969. The summed E-state index contributed by atoms with van der Waals surface area (Å²) in [6.45, 7) is 0. The Balaban J connectivity index is 2.85. The van der Waals surface area contributed by atoms with Crippen LogP contribution in [-0.2, 0) is 0 Å². The third-order valence-electron chi connectivity index (χ3n) is 1.13. The lowest BCUT2D eigenvalue weighted by atomic mass is 10.3. The van der Waals surface area contributed by atoms with E-state index in [0.29, 0.717) is 0 Å². The summed E-state index contributed by atoms with van der Waals surface area (Å²) in [7, 11) is 0. The molecule has 0 radical (unpaired) electrons. The van der Waals surface area contributed by atoms with E-state index in [1.807, 2.05) is 18.2 Å². The Bertz CT molecular complexity index is 189. The molecule has 0 saturated heterocycles. The van der Waals surface area contributed by atoms with Crippen LogP contribution < -0.4 is 5.73 Å². The zero-order valence-corrected chi connectivity index (χ0v) is 6.56. The van der Waals surface area contributed by atoms with E-state index < -0.39 is 0 Å². The van der Waals surface area contributed by atoms with Gasteiger partial charge in [-0.15, -0.1) is 0 Å². The molecule has 0 aromatic heterocycles. The van der Waals surface area contributed by atoms with Gasteiger partial charge >= 0.3 is 0 Å². The molecule has 0 saturated carbocycles. The first-order valence-electron chi connectivity index (χ1n) is 2.79. The van der Waals surface area contributed by atoms with E-state index in [0.717, 1.165) is 16.6 Å². The highest BCUT2D eigenvalue weighted by Gasteiger charge is 1.94. The van der Waals surface area contributed by atoms with Crippen LogP contribution in [0.15, 0.2) is 34.5 Å². The first-order chi connectivity index (χ1) is 4.30. The predicted octanol–water partition coefficient (Wildman–Crippen LogP) is 2.07. The average Bonchev–Trinajstić information content (AvgIpc) is 1.99. The predicted molar refractivity (Wildman–Crippen MR) is 43.0 cm³/mol. The highest BCUT2D eigenvalue weighted by atomic mass is 79.9. The fourth-order valence-corrected chi connectivity index (χ4v) is 0.934. The maximum absolute atomic E-state index is 5.58. The minimum absolute atomic E-state index is 0.819. The van der Waals surface area contributed by atoms with Gasteiger partial charge in [0.15, 0.2) is 0 Å². The normalized spacial score (nSPS) is 18.3. The topological polar surface area (TPSA) is 26.0 Å².